The molecular weight excluding hydrogens is 310 g/mol. The highest BCUT2D eigenvalue weighted by molar-refractivity contribution is 5.94. The van der Waals surface area contributed by atoms with Crippen LogP contribution in [-0.2, 0) is 4.79 Å². The molecule has 1 aromatic carbocycles. The smallest absolute Gasteiger partial charge is 0.238 e. The lowest BCUT2D eigenvalue weighted by Crippen LogP contribution is -2.53. The summed E-state index contributed by atoms with van der Waals surface area (Å²) >= 11 is 0. The third-order valence-corrected chi connectivity index (χ3v) is 5.40. The first kappa shape index (κ1) is 19.9. The van der Waals surface area contributed by atoms with Crippen LogP contribution in [0.2, 0.25) is 0 Å². The number of piperidine rings is 1. The normalized spacial score (nSPS) is 20.9. The van der Waals surface area contributed by atoms with Gasteiger partial charge in [0.15, 0.2) is 0 Å². The first-order chi connectivity index (χ1) is 11.6. The molecule has 140 valence electrons. The quantitative estimate of drug-likeness (QED) is 0.850. The number of nitrogens with two attached hydrogens (primary N) is 1. The van der Waals surface area contributed by atoms with Crippen molar-refractivity contribution in [3.63, 3.8) is 0 Å². The van der Waals surface area contributed by atoms with Crippen molar-refractivity contribution in [1.29, 1.82) is 0 Å². The molecule has 0 aromatic heterocycles. The van der Waals surface area contributed by atoms with Crippen molar-refractivity contribution in [2.24, 2.45) is 11.1 Å². The first-order valence-electron chi connectivity index (χ1n) is 9.52. The van der Waals surface area contributed by atoms with Crippen molar-refractivity contribution >= 4 is 11.6 Å². The zero-order chi connectivity index (χ0) is 18.8. The molecule has 0 radical (unpaired) electrons. The fourth-order valence-electron chi connectivity index (χ4n) is 3.70. The number of anilines is 1. The average Bonchev–Trinajstić information content (AvgIpc) is 2.50. The van der Waals surface area contributed by atoms with Gasteiger partial charge in [-0.2, -0.15) is 0 Å². The summed E-state index contributed by atoms with van der Waals surface area (Å²) in [6.07, 6.45) is 0.945. The number of nitrogens with zero attached hydrogens (tertiary/aromatic N) is 1. The van der Waals surface area contributed by atoms with Gasteiger partial charge in [0.25, 0.3) is 0 Å². The predicted octanol–water partition coefficient (Wildman–Crippen LogP) is 3.93. The zero-order valence-corrected chi connectivity index (χ0v) is 16.7. The molecular formula is C21H35N3O. The zero-order valence-electron chi connectivity index (χ0n) is 16.7. The second-order valence-corrected chi connectivity index (χ2v) is 8.76. The van der Waals surface area contributed by atoms with Crippen LogP contribution in [0.15, 0.2) is 18.2 Å². The molecule has 25 heavy (non-hydrogen) atoms. The van der Waals surface area contributed by atoms with E-state index in [2.05, 4.69) is 70.0 Å². The number of hydrogen-bond acceptors (Lipinski definition) is 3. The van der Waals surface area contributed by atoms with Gasteiger partial charge in [0.2, 0.25) is 5.91 Å². The highest BCUT2D eigenvalue weighted by Crippen LogP contribution is 2.32. The first-order valence-corrected chi connectivity index (χ1v) is 9.52. The minimum atomic E-state index is 0.0530. The average molecular weight is 346 g/mol. The van der Waals surface area contributed by atoms with Crippen molar-refractivity contribution in [2.75, 3.05) is 25.0 Å². The Morgan fingerprint density at radius 1 is 1.24 bits per heavy atom. The maximum Gasteiger partial charge on any atom is 0.238 e. The number of carbonyl (C=O) groups excluding carboxylic acids is 1. The fraction of sp³-hybridized carbons (Fsp3) is 0.667. The summed E-state index contributed by atoms with van der Waals surface area (Å²) in [5, 5.41) is 3.22. The number of likely N-dealkylation sites (tertiary alicyclic amines) is 1. The van der Waals surface area contributed by atoms with E-state index in [4.69, 9.17) is 5.73 Å². The monoisotopic (exact) mass is 345 g/mol. The van der Waals surface area contributed by atoms with Crippen LogP contribution in [0, 0.1) is 5.41 Å². The molecule has 1 heterocycles. The van der Waals surface area contributed by atoms with Crippen molar-refractivity contribution in [2.45, 2.75) is 65.8 Å². The summed E-state index contributed by atoms with van der Waals surface area (Å²) in [5.74, 6) is 0.822. The summed E-state index contributed by atoms with van der Waals surface area (Å²) in [4.78, 5) is 15.0. The van der Waals surface area contributed by atoms with Gasteiger partial charge in [-0.3, -0.25) is 9.69 Å². The second-order valence-electron chi connectivity index (χ2n) is 8.76. The van der Waals surface area contributed by atoms with Crippen LogP contribution in [-0.4, -0.2) is 36.5 Å². The minimum absolute atomic E-state index is 0.0530. The summed E-state index contributed by atoms with van der Waals surface area (Å²) in [6.45, 7) is 15.2. The van der Waals surface area contributed by atoms with Crippen LogP contribution in [0.25, 0.3) is 0 Å². The Morgan fingerprint density at radius 2 is 1.80 bits per heavy atom. The minimum Gasteiger partial charge on any atom is -0.327 e. The Hall–Kier alpha value is -1.39. The molecule has 4 nitrogen and oxygen atoms in total. The lowest BCUT2D eigenvalue weighted by molar-refractivity contribution is -0.118. The predicted molar refractivity (Wildman–Crippen MR) is 106 cm³/mol. The Bertz CT molecular complexity index is 581. The summed E-state index contributed by atoms with van der Waals surface area (Å²) in [7, 11) is 0. The fourth-order valence-corrected chi connectivity index (χ4v) is 3.70. The van der Waals surface area contributed by atoms with E-state index in [1.54, 1.807) is 0 Å². The molecule has 1 unspecified atom stereocenters. The molecule has 0 aliphatic carbocycles. The SMILES string of the molecule is CC(C)c1cccc(C(C)C)c1NC(=O)CN1CCC(N)C(C)(C)C1. The van der Waals surface area contributed by atoms with E-state index in [1.165, 1.54) is 11.1 Å². The molecule has 0 bridgehead atoms. The lowest BCUT2D eigenvalue weighted by Gasteiger charge is -2.42. The topological polar surface area (TPSA) is 58.4 Å². The number of benzene rings is 1. The van der Waals surface area contributed by atoms with Gasteiger partial charge in [0, 0.05) is 24.8 Å². The van der Waals surface area contributed by atoms with Gasteiger partial charge in [-0.25, -0.2) is 0 Å². The van der Waals surface area contributed by atoms with Gasteiger partial charge in [0.05, 0.1) is 6.54 Å². The molecule has 1 aliphatic heterocycles. The molecule has 1 saturated heterocycles. The van der Waals surface area contributed by atoms with Crippen LogP contribution in [0.1, 0.15) is 70.9 Å². The van der Waals surface area contributed by atoms with Crippen LogP contribution in [0.4, 0.5) is 5.69 Å². The molecule has 1 fully saturated rings. The van der Waals surface area contributed by atoms with Gasteiger partial charge in [-0.15, -0.1) is 0 Å². The van der Waals surface area contributed by atoms with Crippen LogP contribution < -0.4 is 11.1 Å². The Kier molecular flexibility index (Phi) is 6.28. The van der Waals surface area contributed by atoms with E-state index < -0.39 is 0 Å². The molecule has 2 rings (SSSR count). The number of amides is 1. The maximum absolute atomic E-state index is 12.7. The van der Waals surface area contributed by atoms with Crippen LogP contribution in [0.5, 0.6) is 0 Å². The van der Waals surface area contributed by atoms with E-state index in [9.17, 15) is 4.79 Å². The maximum atomic E-state index is 12.7. The van der Waals surface area contributed by atoms with E-state index in [0.717, 1.165) is 25.2 Å². The van der Waals surface area contributed by atoms with Crippen molar-refractivity contribution < 1.29 is 4.79 Å². The Labute approximate surface area is 153 Å². The van der Waals surface area contributed by atoms with Crippen molar-refractivity contribution in [1.82, 2.24) is 4.90 Å². The number of hydrogen-bond donors (Lipinski definition) is 2. The molecule has 4 heteroatoms. The lowest BCUT2D eigenvalue weighted by atomic mass is 9.80. The molecule has 1 aromatic rings. The third-order valence-electron chi connectivity index (χ3n) is 5.40. The third kappa shape index (κ3) is 4.83. The van der Waals surface area contributed by atoms with Crippen LogP contribution in [0.3, 0.4) is 0 Å². The van der Waals surface area contributed by atoms with E-state index in [1.807, 2.05) is 0 Å². The van der Waals surface area contributed by atoms with Gasteiger partial charge in [0.1, 0.15) is 0 Å². The van der Waals surface area contributed by atoms with Gasteiger partial charge < -0.3 is 11.1 Å². The van der Waals surface area contributed by atoms with E-state index in [-0.39, 0.29) is 17.4 Å². The van der Waals surface area contributed by atoms with Gasteiger partial charge in [-0.1, -0.05) is 59.7 Å². The van der Waals surface area contributed by atoms with Gasteiger partial charge >= 0.3 is 0 Å². The number of para-hydroxylation sites is 1. The second kappa shape index (κ2) is 7.88. The van der Waals surface area contributed by atoms with E-state index in [0.29, 0.717) is 18.4 Å². The molecule has 1 amide bonds. The standard InChI is InChI=1S/C21H35N3O/c1-14(2)16-8-7-9-17(15(3)4)20(16)23-19(25)12-24-11-10-18(22)21(5,6)13-24/h7-9,14-15,18H,10-13,22H2,1-6H3,(H,23,25). The molecule has 0 saturated carbocycles. The van der Waals surface area contributed by atoms with Crippen molar-refractivity contribution in [3.8, 4) is 0 Å². The molecule has 1 atom stereocenters. The summed E-state index contributed by atoms with van der Waals surface area (Å²) in [6, 6.07) is 6.54. The highest BCUT2D eigenvalue weighted by Gasteiger charge is 2.34. The molecule has 1 aliphatic rings. The number of carbonyl (C=O) groups is 1. The van der Waals surface area contributed by atoms with Crippen molar-refractivity contribution in [3.05, 3.63) is 29.3 Å². The molecule has 0 spiro atoms. The Morgan fingerprint density at radius 3 is 2.28 bits per heavy atom. The summed E-state index contributed by atoms with van der Waals surface area (Å²) < 4.78 is 0. The molecule has 3 N–H and O–H groups in total. The highest BCUT2D eigenvalue weighted by atomic mass is 16.2. The number of nitrogens with one attached hydrogen (secondary N) is 1. The Balaban J connectivity index is 2.13. The van der Waals surface area contributed by atoms with E-state index >= 15 is 0 Å². The van der Waals surface area contributed by atoms with Gasteiger partial charge in [-0.05, 0) is 34.8 Å². The number of rotatable bonds is 5. The van der Waals surface area contributed by atoms with Crippen LogP contribution >= 0.6 is 0 Å². The largest absolute Gasteiger partial charge is 0.327 e. The summed E-state index contributed by atoms with van der Waals surface area (Å²) in [5.41, 5.74) is 9.68.